The molecule has 0 bridgehead atoms. The van der Waals surface area contributed by atoms with Crippen LogP contribution in [0.2, 0.25) is 0 Å². The summed E-state index contributed by atoms with van der Waals surface area (Å²) in [5, 5.41) is 0. The molecule has 3 heteroatoms. The van der Waals surface area contributed by atoms with Crippen molar-refractivity contribution in [2.24, 2.45) is 0 Å². The molecule has 0 saturated carbocycles. The third-order valence-corrected chi connectivity index (χ3v) is 3.70. The number of ether oxygens (including phenoxy) is 1. The van der Waals surface area contributed by atoms with Crippen LogP contribution in [0.5, 0.6) is 0 Å². The quantitative estimate of drug-likeness (QED) is 0.668. The number of rotatable bonds is 3. The Bertz CT molecular complexity index is 824. The van der Waals surface area contributed by atoms with Crippen molar-refractivity contribution in [3.8, 4) is 22.4 Å². The molecule has 1 heterocycles. The van der Waals surface area contributed by atoms with Crippen molar-refractivity contribution in [2.45, 2.75) is 6.92 Å². The number of pyridine rings is 1. The first-order valence-electron chi connectivity index (χ1n) is 7.41. The highest BCUT2D eigenvalue weighted by atomic mass is 16.5. The highest BCUT2D eigenvalue weighted by molar-refractivity contribution is 5.90. The van der Waals surface area contributed by atoms with Gasteiger partial charge in [0.15, 0.2) is 0 Å². The summed E-state index contributed by atoms with van der Waals surface area (Å²) in [6, 6.07) is 21.7. The Kier molecular flexibility index (Phi) is 4.20. The van der Waals surface area contributed by atoms with Gasteiger partial charge in [0.05, 0.1) is 12.8 Å². The Morgan fingerprint density at radius 2 is 1.57 bits per heavy atom. The van der Waals surface area contributed by atoms with Gasteiger partial charge in [-0.3, -0.25) is 0 Å². The van der Waals surface area contributed by atoms with Gasteiger partial charge in [0, 0.05) is 11.1 Å². The summed E-state index contributed by atoms with van der Waals surface area (Å²) >= 11 is 0. The lowest BCUT2D eigenvalue weighted by Crippen LogP contribution is -2.05. The molecule has 0 amide bonds. The van der Waals surface area contributed by atoms with Crippen molar-refractivity contribution >= 4 is 5.97 Å². The maximum Gasteiger partial charge on any atom is 0.356 e. The van der Waals surface area contributed by atoms with E-state index in [1.165, 1.54) is 12.7 Å². The number of hydrogen-bond acceptors (Lipinski definition) is 3. The highest BCUT2D eigenvalue weighted by Gasteiger charge is 2.14. The van der Waals surface area contributed by atoms with E-state index in [0.717, 1.165) is 22.4 Å². The minimum atomic E-state index is -0.433. The van der Waals surface area contributed by atoms with Crippen molar-refractivity contribution in [3.05, 3.63) is 78.0 Å². The zero-order valence-corrected chi connectivity index (χ0v) is 13.1. The van der Waals surface area contributed by atoms with E-state index in [1.54, 1.807) is 6.07 Å². The van der Waals surface area contributed by atoms with Crippen molar-refractivity contribution < 1.29 is 9.53 Å². The minimum Gasteiger partial charge on any atom is -0.464 e. The Morgan fingerprint density at radius 1 is 0.870 bits per heavy atom. The first-order chi connectivity index (χ1) is 11.2. The maximum atomic E-state index is 11.8. The molecular weight excluding hydrogens is 286 g/mol. The van der Waals surface area contributed by atoms with Crippen LogP contribution in [-0.2, 0) is 4.74 Å². The molecule has 2 aromatic carbocycles. The van der Waals surface area contributed by atoms with Gasteiger partial charge in [0.25, 0.3) is 0 Å². The number of hydrogen-bond donors (Lipinski definition) is 0. The Morgan fingerprint density at radius 3 is 2.22 bits per heavy atom. The lowest BCUT2D eigenvalue weighted by atomic mass is 9.98. The average molecular weight is 303 g/mol. The molecule has 0 N–H and O–H groups in total. The second kappa shape index (κ2) is 6.44. The molecule has 0 saturated heterocycles. The fraction of sp³-hybridized carbons (Fsp3) is 0.100. The number of esters is 1. The summed E-state index contributed by atoms with van der Waals surface area (Å²) in [4.78, 5) is 16.3. The summed E-state index contributed by atoms with van der Waals surface area (Å²) < 4.78 is 4.79. The molecular formula is C20H17NO2. The molecule has 3 nitrogen and oxygen atoms in total. The van der Waals surface area contributed by atoms with Gasteiger partial charge < -0.3 is 4.74 Å². The Balaban J connectivity index is 2.19. The summed E-state index contributed by atoms with van der Waals surface area (Å²) in [6.07, 6.45) is 0. The molecule has 0 unspecified atom stereocenters. The molecule has 0 fully saturated rings. The van der Waals surface area contributed by atoms with Crippen LogP contribution in [0.25, 0.3) is 22.4 Å². The average Bonchev–Trinajstić information content (AvgIpc) is 2.62. The molecule has 0 radical (unpaired) electrons. The molecule has 23 heavy (non-hydrogen) atoms. The van der Waals surface area contributed by atoms with Crippen LogP contribution < -0.4 is 0 Å². The standard InChI is InChI=1S/C20H17NO2/c1-14-8-10-15(11-9-14)17-12-13-18(20(22)23-2)21-19(17)16-6-4-3-5-7-16/h3-13H,1-2H3. The van der Waals surface area contributed by atoms with E-state index in [2.05, 4.69) is 36.2 Å². The largest absolute Gasteiger partial charge is 0.464 e. The van der Waals surface area contributed by atoms with Crippen LogP contribution >= 0.6 is 0 Å². The van der Waals surface area contributed by atoms with Gasteiger partial charge in [-0.2, -0.15) is 0 Å². The van der Waals surface area contributed by atoms with E-state index in [1.807, 2.05) is 36.4 Å². The number of nitrogens with zero attached hydrogens (tertiary/aromatic N) is 1. The van der Waals surface area contributed by atoms with Crippen LogP contribution in [0.15, 0.2) is 66.7 Å². The SMILES string of the molecule is COC(=O)c1ccc(-c2ccc(C)cc2)c(-c2ccccc2)n1. The van der Waals surface area contributed by atoms with Crippen molar-refractivity contribution in [1.29, 1.82) is 0 Å². The second-order valence-electron chi connectivity index (χ2n) is 5.32. The lowest BCUT2D eigenvalue weighted by molar-refractivity contribution is 0.0594. The number of methoxy groups -OCH3 is 1. The number of aromatic nitrogens is 1. The van der Waals surface area contributed by atoms with Gasteiger partial charge >= 0.3 is 5.97 Å². The van der Waals surface area contributed by atoms with E-state index in [0.29, 0.717) is 5.69 Å². The van der Waals surface area contributed by atoms with Crippen molar-refractivity contribution in [1.82, 2.24) is 4.98 Å². The predicted molar refractivity (Wildman–Crippen MR) is 91.2 cm³/mol. The van der Waals surface area contributed by atoms with Gasteiger partial charge in [0.2, 0.25) is 0 Å². The summed E-state index contributed by atoms with van der Waals surface area (Å²) in [6.45, 7) is 2.06. The molecule has 114 valence electrons. The summed E-state index contributed by atoms with van der Waals surface area (Å²) in [5.74, 6) is -0.433. The third-order valence-electron chi connectivity index (χ3n) is 3.70. The highest BCUT2D eigenvalue weighted by Crippen LogP contribution is 2.31. The predicted octanol–water partition coefficient (Wildman–Crippen LogP) is 4.51. The number of benzene rings is 2. The second-order valence-corrected chi connectivity index (χ2v) is 5.32. The van der Waals surface area contributed by atoms with Gasteiger partial charge in [-0.25, -0.2) is 9.78 Å². The zero-order valence-electron chi connectivity index (χ0n) is 13.1. The molecule has 3 aromatic rings. The normalized spacial score (nSPS) is 10.3. The van der Waals surface area contributed by atoms with Crippen molar-refractivity contribution in [2.75, 3.05) is 7.11 Å². The van der Waals surface area contributed by atoms with Crippen molar-refractivity contribution in [3.63, 3.8) is 0 Å². The molecule has 0 aliphatic carbocycles. The number of aryl methyl sites for hydroxylation is 1. The Labute approximate surface area is 135 Å². The Hall–Kier alpha value is -2.94. The molecule has 0 aliphatic heterocycles. The van der Waals surface area contributed by atoms with Crippen LogP contribution in [-0.4, -0.2) is 18.1 Å². The lowest BCUT2D eigenvalue weighted by Gasteiger charge is -2.11. The van der Waals surface area contributed by atoms with Gasteiger partial charge in [0.1, 0.15) is 5.69 Å². The smallest absolute Gasteiger partial charge is 0.356 e. The van der Waals surface area contributed by atoms with Gasteiger partial charge in [-0.1, -0.05) is 60.2 Å². The first-order valence-corrected chi connectivity index (χ1v) is 7.41. The number of carbonyl (C=O) groups excluding carboxylic acids is 1. The summed E-state index contributed by atoms with van der Waals surface area (Å²) in [7, 11) is 1.36. The first kappa shape index (κ1) is 15.0. The molecule has 0 aliphatic rings. The van der Waals surface area contributed by atoms with E-state index >= 15 is 0 Å². The van der Waals surface area contributed by atoms with Gasteiger partial charge in [-0.05, 0) is 24.6 Å². The van der Waals surface area contributed by atoms with Crippen LogP contribution in [0.1, 0.15) is 16.1 Å². The number of carbonyl (C=O) groups is 1. The fourth-order valence-corrected chi connectivity index (χ4v) is 2.46. The van der Waals surface area contributed by atoms with E-state index in [4.69, 9.17) is 4.74 Å². The molecule has 1 aromatic heterocycles. The fourth-order valence-electron chi connectivity index (χ4n) is 2.46. The monoisotopic (exact) mass is 303 g/mol. The zero-order chi connectivity index (χ0) is 16.2. The van der Waals surface area contributed by atoms with E-state index in [9.17, 15) is 4.79 Å². The van der Waals surface area contributed by atoms with E-state index in [-0.39, 0.29) is 0 Å². The minimum absolute atomic E-state index is 0.308. The maximum absolute atomic E-state index is 11.8. The topological polar surface area (TPSA) is 39.2 Å². The van der Waals surface area contributed by atoms with Crippen LogP contribution in [0.3, 0.4) is 0 Å². The molecule has 0 spiro atoms. The van der Waals surface area contributed by atoms with E-state index < -0.39 is 5.97 Å². The third kappa shape index (κ3) is 3.14. The molecule has 0 atom stereocenters. The van der Waals surface area contributed by atoms with Crippen LogP contribution in [0.4, 0.5) is 0 Å². The summed E-state index contributed by atoms with van der Waals surface area (Å²) in [5.41, 5.74) is 5.31. The van der Waals surface area contributed by atoms with Gasteiger partial charge in [-0.15, -0.1) is 0 Å². The molecule has 3 rings (SSSR count). The van der Waals surface area contributed by atoms with Crippen LogP contribution in [0, 0.1) is 6.92 Å².